The second-order valence-corrected chi connectivity index (χ2v) is 5.45. The van der Waals surface area contributed by atoms with Crippen LogP contribution in [0.3, 0.4) is 0 Å². The number of nitrogens with zero attached hydrogens (tertiary/aromatic N) is 1. The summed E-state index contributed by atoms with van der Waals surface area (Å²) in [5.41, 5.74) is 3.03. The molecule has 0 saturated heterocycles. The Kier molecular flexibility index (Phi) is 4.69. The number of halogens is 1. The molecule has 0 radical (unpaired) electrons. The second kappa shape index (κ2) is 6.29. The number of rotatable bonds is 4. The fourth-order valence-electron chi connectivity index (χ4n) is 2.39. The molecule has 2 aromatic rings. The average Bonchev–Trinajstić information content (AvgIpc) is 2.46. The van der Waals surface area contributed by atoms with Gasteiger partial charge in [0.15, 0.2) is 0 Å². The van der Waals surface area contributed by atoms with E-state index in [0.717, 1.165) is 21.8 Å². The van der Waals surface area contributed by atoms with Crippen molar-refractivity contribution >= 4 is 17.3 Å². The Bertz CT molecular complexity index is 583. The molecule has 20 heavy (non-hydrogen) atoms. The topological polar surface area (TPSA) is 23.5 Å². The van der Waals surface area contributed by atoms with Gasteiger partial charge in [-0.1, -0.05) is 48.0 Å². The molecule has 2 atom stereocenters. The maximum atomic E-state index is 9.91. The summed E-state index contributed by atoms with van der Waals surface area (Å²) >= 11 is 6.28. The van der Waals surface area contributed by atoms with Crippen LogP contribution in [0.4, 0.5) is 5.69 Å². The number of anilines is 1. The van der Waals surface area contributed by atoms with E-state index in [1.54, 1.807) is 6.92 Å². The van der Waals surface area contributed by atoms with Crippen molar-refractivity contribution in [3.63, 3.8) is 0 Å². The van der Waals surface area contributed by atoms with Crippen LogP contribution in [0, 0.1) is 0 Å². The quantitative estimate of drug-likeness (QED) is 0.890. The molecule has 0 fully saturated rings. The molecule has 0 bridgehead atoms. The Morgan fingerprint density at radius 3 is 2.10 bits per heavy atom. The molecule has 0 spiro atoms. The first-order valence-electron chi connectivity index (χ1n) is 6.76. The first kappa shape index (κ1) is 14.9. The molecule has 1 unspecified atom stereocenters. The Balaban J connectivity index is 2.37. The van der Waals surface area contributed by atoms with Crippen LogP contribution in [0.15, 0.2) is 48.5 Å². The van der Waals surface area contributed by atoms with Crippen LogP contribution < -0.4 is 4.90 Å². The van der Waals surface area contributed by atoms with E-state index in [4.69, 9.17) is 11.6 Å². The molecular formula is C17H20ClNO. The fourth-order valence-corrected chi connectivity index (χ4v) is 2.69. The highest BCUT2D eigenvalue weighted by molar-refractivity contribution is 6.31. The highest BCUT2D eigenvalue weighted by atomic mass is 35.5. The van der Waals surface area contributed by atoms with Crippen LogP contribution in [0.1, 0.15) is 37.1 Å². The molecule has 0 aromatic heterocycles. The predicted octanol–water partition coefficient (Wildman–Crippen LogP) is 4.59. The number of benzene rings is 2. The Hall–Kier alpha value is -1.51. The van der Waals surface area contributed by atoms with E-state index in [2.05, 4.69) is 11.8 Å². The van der Waals surface area contributed by atoms with Gasteiger partial charge >= 0.3 is 0 Å². The minimum Gasteiger partial charge on any atom is -0.389 e. The van der Waals surface area contributed by atoms with E-state index in [0.29, 0.717) is 0 Å². The van der Waals surface area contributed by atoms with Gasteiger partial charge < -0.3 is 10.0 Å². The van der Waals surface area contributed by atoms with Gasteiger partial charge in [-0.3, -0.25) is 0 Å². The zero-order valence-electron chi connectivity index (χ0n) is 12.0. The van der Waals surface area contributed by atoms with Crippen molar-refractivity contribution in [1.29, 1.82) is 0 Å². The Labute approximate surface area is 125 Å². The molecule has 2 nitrogen and oxygen atoms in total. The van der Waals surface area contributed by atoms with Crippen LogP contribution in [-0.2, 0) is 0 Å². The molecule has 1 N–H and O–H groups in total. The van der Waals surface area contributed by atoms with E-state index in [1.165, 1.54) is 0 Å². The van der Waals surface area contributed by atoms with Gasteiger partial charge in [0.2, 0.25) is 0 Å². The van der Waals surface area contributed by atoms with E-state index in [-0.39, 0.29) is 6.04 Å². The maximum Gasteiger partial charge on any atom is 0.0781 e. The molecule has 0 aliphatic rings. The van der Waals surface area contributed by atoms with E-state index >= 15 is 0 Å². The molecule has 2 rings (SSSR count). The number of aliphatic hydroxyl groups excluding tert-OH is 1. The van der Waals surface area contributed by atoms with Crippen molar-refractivity contribution in [3.8, 4) is 0 Å². The molecule has 2 aromatic carbocycles. The lowest BCUT2D eigenvalue weighted by atomic mass is 10.0. The number of para-hydroxylation sites is 1. The third-order valence-electron chi connectivity index (χ3n) is 3.70. The number of aliphatic hydroxyl groups is 1. The summed E-state index contributed by atoms with van der Waals surface area (Å²) in [4.78, 5) is 2.14. The van der Waals surface area contributed by atoms with Gasteiger partial charge in [0.25, 0.3) is 0 Å². The van der Waals surface area contributed by atoms with Crippen LogP contribution in [0.2, 0.25) is 5.02 Å². The van der Waals surface area contributed by atoms with Gasteiger partial charge in [-0.05, 0) is 31.5 Å². The summed E-state index contributed by atoms with van der Waals surface area (Å²) in [6.45, 7) is 3.90. The van der Waals surface area contributed by atoms with Crippen LogP contribution >= 0.6 is 11.6 Å². The van der Waals surface area contributed by atoms with Gasteiger partial charge in [-0.2, -0.15) is 0 Å². The zero-order valence-corrected chi connectivity index (χ0v) is 12.8. The minimum absolute atomic E-state index is 0.128. The monoisotopic (exact) mass is 289 g/mol. The largest absolute Gasteiger partial charge is 0.389 e. The van der Waals surface area contributed by atoms with Crippen LogP contribution in [-0.4, -0.2) is 12.2 Å². The van der Waals surface area contributed by atoms with Crippen molar-refractivity contribution in [2.45, 2.75) is 26.0 Å². The molecule has 0 aliphatic heterocycles. The van der Waals surface area contributed by atoms with E-state index < -0.39 is 6.10 Å². The summed E-state index contributed by atoms with van der Waals surface area (Å²) in [7, 11) is 2.02. The van der Waals surface area contributed by atoms with Crippen LogP contribution in [0.5, 0.6) is 0 Å². The summed E-state index contributed by atoms with van der Waals surface area (Å²) in [6.07, 6.45) is -0.493. The van der Waals surface area contributed by atoms with Gasteiger partial charge in [0, 0.05) is 23.3 Å². The average molecular weight is 290 g/mol. The molecule has 0 amide bonds. The third kappa shape index (κ3) is 2.97. The molecular weight excluding hydrogens is 270 g/mol. The van der Waals surface area contributed by atoms with Gasteiger partial charge in [0.05, 0.1) is 12.1 Å². The van der Waals surface area contributed by atoms with E-state index in [9.17, 15) is 5.11 Å². The molecule has 0 aliphatic carbocycles. The van der Waals surface area contributed by atoms with Gasteiger partial charge in [-0.15, -0.1) is 0 Å². The summed E-state index contributed by atoms with van der Waals surface area (Å²) < 4.78 is 0. The van der Waals surface area contributed by atoms with Gasteiger partial charge in [-0.25, -0.2) is 0 Å². The maximum absolute atomic E-state index is 9.91. The lowest BCUT2D eigenvalue weighted by Crippen LogP contribution is -2.23. The van der Waals surface area contributed by atoms with Gasteiger partial charge in [0.1, 0.15) is 0 Å². The van der Waals surface area contributed by atoms with Crippen molar-refractivity contribution in [2.24, 2.45) is 0 Å². The smallest absolute Gasteiger partial charge is 0.0781 e. The van der Waals surface area contributed by atoms with Crippen molar-refractivity contribution in [2.75, 3.05) is 11.9 Å². The first-order chi connectivity index (χ1) is 9.52. The lowest BCUT2D eigenvalue weighted by molar-refractivity contribution is 0.199. The SMILES string of the molecule is CC(c1ccccc1Cl)N(C)c1ccccc1[C@@H](C)O. The minimum atomic E-state index is -0.493. The predicted molar refractivity (Wildman–Crippen MR) is 85.3 cm³/mol. The second-order valence-electron chi connectivity index (χ2n) is 5.04. The van der Waals surface area contributed by atoms with E-state index in [1.807, 2.05) is 55.6 Å². The highest BCUT2D eigenvalue weighted by Gasteiger charge is 2.18. The van der Waals surface area contributed by atoms with Crippen molar-refractivity contribution in [1.82, 2.24) is 0 Å². The molecule has 0 heterocycles. The Morgan fingerprint density at radius 1 is 0.950 bits per heavy atom. The highest BCUT2D eigenvalue weighted by Crippen LogP contribution is 2.33. The normalized spacial score (nSPS) is 13.8. The lowest BCUT2D eigenvalue weighted by Gasteiger charge is -2.30. The summed E-state index contributed by atoms with van der Waals surface area (Å²) in [5, 5.41) is 10.7. The molecule has 0 saturated carbocycles. The van der Waals surface area contributed by atoms with Crippen LogP contribution in [0.25, 0.3) is 0 Å². The molecule has 3 heteroatoms. The standard InChI is InChI=1S/C17H20ClNO/c1-12(14-8-4-6-10-16(14)18)19(3)17-11-7-5-9-15(17)13(2)20/h4-13,20H,1-3H3/t12?,13-/m1/s1. The zero-order chi connectivity index (χ0) is 14.7. The summed E-state index contributed by atoms with van der Waals surface area (Å²) in [5.74, 6) is 0. The fraction of sp³-hybridized carbons (Fsp3) is 0.294. The van der Waals surface area contributed by atoms with Crippen molar-refractivity contribution < 1.29 is 5.11 Å². The van der Waals surface area contributed by atoms with Crippen molar-refractivity contribution in [3.05, 3.63) is 64.7 Å². The third-order valence-corrected chi connectivity index (χ3v) is 4.05. The number of hydrogen-bond donors (Lipinski definition) is 1. The first-order valence-corrected chi connectivity index (χ1v) is 7.14. The molecule has 106 valence electrons. The summed E-state index contributed by atoms with van der Waals surface area (Å²) in [6, 6.07) is 15.9. The Morgan fingerprint density at radius 2 is 1.50 bits per heavy atom. The number of hydrogen-bond acceptors (Lipinski definition) is 2.